The second kappa shape index (κ2) is 9.35. The number of sulfonamides is 1. The van der Waals surface area contributed by atoms with Gasteiger partial charge in [0.15, 0.2) is 0 Å². The molecular formula is C22H26ClFN2O5S. The van der Waals surface area contributed by atoms with Crippen molar-refractivity contribution < 1.29 is 27.8 Å². The van der Waals surface area contributed by atoms with Crippen molar-refractivity contribution in [1.29, 1.82) is 0 Å². The smallest absolute Gasteiger partial charge is 0.322 e. The fourth-order valence-corrected chi connectivity index (χ4v) is 5.49. The van der Waals surface area contributed by atoms with Crippen molar-refractivity contribution >= 4 is 33.3 Å². The largest absolute Gasteiger partial charge is 0.480 e. The van der Waals surface area contributed by atoms with Gasteiger partial charge in [-0.2, -0.15) is 4.72 Å². The van der Waals surface area contributed by atoms with Gasteiger partial charge in [-0.15, -0.1) is 0 Å². The van der Waals surface area contributed by atoms with E-state index in [-0.39, 0.29) is 22.2 Å². The lowest BCUT2D eigenvalue weighted by Gasteiger charge is -2.33. The van der Waals surface area contributed by atoms with Crippen LogP contribution in [0.25, 0.3) is 0 Å². The molecule has 32 heavy (non-hydrogen) atoms. The van der Waals surface area contributed by atoms with E-state index in [1.54, 1.807) is 19.9 Å². The topological polar surface area (TPSA) is 116 Å². The summed E-state index contributed by atoms with van der Waals surface area (Å²) < 4.78 is 43.2. The Hall–Kier alpha value is -2.20. The Morgan fingerprint density at radius 3 is 2.47 bits per heavy atom. The van der Waals surface area contributed by atoms with Crippen LogP contribution in [-0.2, 0) is 14.8 Å². The first kappa shape index (κ1) is 24.4. The number of hydrogen-bond acceptors (Lipinski definition) is 5. The number of nitrogens with one attached hydrogen (secondary N) is 2. The molecule has 0 bridgehead atoms. The summed E-state index contributed by atoms with van der Waals surface area (Å²) >= 11 is 6.04. The van der Waals surface area contributed by atoms with Crippen LogP contribution >= 0.6 is 11.6 Å². The number of carboxylic acids is 1. The minimum atomic E-state index is -4.32. The van der Waals surface area contributed by atoms with E-state index < -0.39 is 39.9 Å². The zero-order valence-corrected chi connectivity index (χ0v) is 19.5. The first-order valence-corrected chi connectivity index (χ1v) is 12.0. The standard InChI is InChI=1S/C22H26ClFN2O5S/c1-11-4-6-17(24)20(12(11)2)13(3)21(22(28)29)26-32(30,31)19-7-5-14(23)8-18(19)25-15-9-16(27)10-15/h4-8,13,15-16,21,25-27H,9-10H2,1-3H3,(H,28,29)/t13-,15?,16?,21+/m1/s1. The summed E-state index contributed by atoms with van der Waals surface area (Å²) in [5.74, 6) is -3.00. The highest BCUT2D eigenvalue weighted by atomic mass is 35.5. The number of hydrogen-bond donors (Lipinski definition) is 4. The van der Waals surface area contributed by atoms with E-state index in [2.05, 4.69) is 10.0 Å². The first-order valence-electron chi connectivity index (χ1n) is 10.2. The summed E-state index contributed by atoms with van der Waals surface area (Å²) in [5.41, 5.74) is 1.70. The molecule has 10 heteroatoms. The number of carboxylic acid groups (broad SMARTS) is 1. The molecule has 0 spiro atoms. The Balaban J connectivity index is 1.95. The number of anilines is 1. The van der Waals surface area contributed by atoms with Crippen molar-refractivity contribution in [1.82, 2.24) is 4.72 Å². The Labute approximate surface area is 191 Å². The van der Waals surface area contributed by atoms with Gasteiger partial charge in [-0.1, -0.05) is 24.6 Å². The first-order chi connectivity index (χ1) is 14.9. The van der Waals surface area contributed by atoms with E-state index in [0.717, 1.165) is 5.56 Å². The molecule has 1 aliphatic carbocycles. The van der Waals surface area contributed by atoms with E-state index in [1.165, 1.54) is 31.2 Å². The van der Waals surface area contributed by atoms with Crippen molar-refractivity contribution in [2.24, 2.45) is 0 Å². The molecular weight excluding hydrogens is 459 g/mol. The molecule has 0 heterocycles. The molecule has 1 fully saturated rings. The lowest BCUT2D eigenvalue weighted by molar-refractivity contribution is -0.139. The maximum atomic E-state index is 14.6. The fourth-order valence-electron chi connectivity index (χ4n) is 3.90. The van der Waals surface area contributed by atoms with Gasteiger partial charge in [0.05, 0.1) is 11.8 Å². The average molecular weight is 485 g/mol. The van der Waals surface area contributed by atoms with E-state index in [0.29, 0.717) is 23.4 Å². The Morgan fingerprint density at radius 1 is 1.22 bits per heavy atom. The van der Waals surface area contributed by atoms with Gasteiger partial charge >= 0.3 is 5.97 Å². The number of benzene rings is 2. The minimum absolute atomic E-state index is 0.129. The van der Waals surface area contributed by atoms with Crippen molar-refractivity contribution in [2.45, 2.75) is 62.6 Å². The van der Waals surface area contributed by atoms with Gasteiger partial charge < -0.3 is 15.5 Å². The maximum Gasteiger partial charge on any atom is 0.322 e. The monoisotopic (exact) mass is 484 g/mol. The molecule has 174 valence electrons. The molecule has 0 aromatic heterocycles. The summed E-state index contributed by atoms with van der Waals surface area (Å²) in [7, 11) is -4.32. The van der Waals surface area contributed by atoms with Crippen molar-refractivity contribution in [3.8, 4) is 0 Å². The fraction of sp³-hybridized carbons (Fsp3) is 0.409. The SMILES string of the molecule is Cc1ccc(F)c([C@@H](C)[C@H](NS(=O)(=O)c2ccc(Cl)cc2NC2CC(O)C2)C(=O)O)c1C. The summed E-state index contributed by atoms with van der Waals surface area (Å²) in [6.07, 6.45) is 0.467. The second-order valence-corrected chi connectivity index (χ2v) is 10.4. The number of aryl methyl sites for hydroxylation is 1. The van der Waals surface area contributed by atoms with Crippen LogP contribution in [0.5, 0.6) is 0 Å². The highest BCUT2D eigenvalue weighted by Gasteiger charge is 2.35. The molecule has 2 aromatic rings. The van der Waals surface area contributed by atoms with Crippen LogP contribution in [0.4, 0.5) is 10.1 Å². The van der Waals surface area contributed by atoms with Gasteiger partial charge in [0.1, 0.15) is 16.8 Å². The Morgan fingerprint density at radius 2 is 1.88 bits per heavy atom. The molecule has 4 N–H and O–H groups in total. The zero-order chi connectivity index (χ0) is 23.8. The van der Waals surface area contributed by atoms with Gasteiger partial charge in [-0.3, -0.25) is 4.79 Å². The number of halogens is 2. The molecule has 2 atom stereocenters. The lowest BCUT2D eigenvalue weighted by atomic mass is 9.88. The summed E-state index contributed by atoms with van der Waals surface area (Å²) in [6.45, 7) is 4.92. The van der Waals surface area contributed by atoms with Crippen LogP contribution in [-0.4, -0.2) is 42.8 Å². The molecule has 0 radical (unpaired) electrons. The normalized spacial score (nSPS) is 20.3. The average Bonchev–Trinajstić information content (AvgIpc) is 2.67. The summed E-state index contributed by atoms with van der Waals surface area (Å²) in [5, 5.41) is 22.6. The molecule has 1 aliphatic rings. The van der Waals surface area contributed by atoms with Gasteiger partial charge in [-0.05, 0) is 67.6 Å². The zero-order valence-electron chi connectivity index (χ0n) is 17.9. The minimum Gasteiger partial charge on any atom is -0.480 e. The molecule has 0 unspecified atom stereocenters. The third kappa shape index (κ3) is 5.06. The number of aliphatic carboxylic acids is 1. The van der Waals surface area contributed by atoms with E-state index >= 15 is 0 Å². The van der Waals surface area contributed by atoms with Gasteiger partial charge in [0.25, 0.3) is 0 Å². The van der Waals surface area contributed by atoms with E-state index in [9.17, 15) is 27.8 Å². The molecule has 7 nitrogen and oxygen atoms in total. The molecule has 2 aromatic carbocycles. The van der Waals surface area contributed by atoms with Crippen molar-refractivity contribution in [3.63, 3.8) is 0 Å². The number of aliphatic hydroxyl groups is 1. The number of aliphatic hydroxyl groups excluding tert-OH is 1. The third-order valence-electron chi connectivity index (χ3n) is 5.94. The number of rotatable bonds is 8. The predicted molar refractivity (Wildman–Crippen MR) is 120 cm³/mol. The predicted octanol–water partition coefficient (Wildman–Crippen LogP) is 3.57. The van der Waals surface area contributed by atoms with E-state index in [4.69, 9.17) is 11.6 Å². The van der Waals surface area contributed by atoms with E-state index in [1.807, 2.05) is 0 Å². The molecule has 1 saturated carbocycles. The molecule has 0 aliphatic heterocycles. The molecule has 0 saturated heterocycles. The van der Waals surface area contributed by atoms with Gasteiger partial charge in [-0.25, -0.2) is 12.8 Å². The number of carbonyl (C=O) groups is 1. The van der Waals surface area contributed by atoms with Gasteiger partial charge in [0, 0.05) is 17.0 Å². The summed E-state index contributed by atoms with van der Waals surface area (Å²) in [4.78, 5) is 11.8. The Bertz CT molecular complexity index is 1140. The highest BCUT2D eigenvalue weighted by molar-refractivity contribution is 7.89. The van der Waals surface area contributed by atoms with Crippen molar-refractivity contribution in [3.05, 3.63) is 57.9 Å². The highest BCUT2D eigenvalue weighted by Crippen LogP contribution is 2.32. The molecule has 0 amide bonds. The van der Waals surface area contributed by atoms with Crippen LogP contribution in [0.2, 0.25) is 5.02 Å². The molecule has 3 rings (SSSR count). The van der Waals surface area contributed by atoms with Crippen molar-refractivity contribution in [2.75, 3.05) is 5.32 Å². The Kier molecular flexibility index (Phi) is 7.14. The lowest BCUT2D eigenvalue weighted by Crippen LogP contribution is -2.45. The van der Waals surface area contributed by atoms with Crippen LogP contribution in [0, 0.1) is 19.7 Å². The van der Waals surface area contributed by atoms with Crippen LogP contribution in [0.3, 0.4) is 0 Å². The van der Waals surface area contributed by atoms with Crippen LogP contribution < -0.4 is 10.0 Å². The third-order valence-corrected chi connectivity index (χ3v) is 7.67. The summed E-state index contributed by atoms with van der Waals surface area (Å²) in [6, 6.07) is 5.20. The van der Waals surface area contributed by atoms with Gasteiger partial charge in [0.2, 0.25) is 10.0 Å². The maximum absolute atomic E-state index is 14.6. The quantitative estimate of drug-likeness (QED) is 0.455. The second-order valence-electron chi connectivity index (χ2n) is 8.24. The van der Waals surface area contributed by atoms with Crippen LogP contribution in [0.1, 0.15) is 42.4 Å². The van der Waals surface area contributed by atoms with Crippen LogP contribution in [0.15, 0.2) is 35.2 Å².